The molecule has 0 spiro atoms. The van der Waals surface area contributed by atoms with E-state index in [-0.39, 0.29) is 11.7 Å². The molecule has 33 heavy (non-hydrogen) atoms. The van der Waals surface area contributed by atoms with Crippen molar-refractivity contribution in [3.05, 3.63) is 48.0 Å². The SMILES string of the molecule is COc1ccc(OC)c(NC(=O)CSc2nnc(N3CCCCC3)n2-c2ccc(C)cc2)c1. The van der Waals surface area contributed by atoms with E-state index in [1.54, 1.807) is 32.4 Å². The lowest BCUT2D eigenvalue weighted by molar-refractivity contribution is -0.113. The van der Waals surface area contributed by atoms with Gasteiger partial charge in [0.25, 0.3) is 0 Å². The maximum Gasteiger partial charge on any atom is 0.234 e. The molecule has 0 radical (unpaired) electrons. The fourth-order valence-corrected chi connectivity index (χ4v) is 4.55. The van der Waals surface area contributed by atoms with E-state index in [2.05, 4.69) is 56.2 Å². The smallest absolute Gasteiger partial charge is 0.234 e. The molecule has 0 aliphatic carbocycles. The number of hydrogen-bond acceptors (Lipinski definition) is 7. The second-order valence-electron chi connectivity index (χ2n) is 7.90. The highest BCUT2D eigenvalue weighted by Crippen LogP contribution is 2.31. The lowest BCUT2D eigenvalue weighted by Crippen LogP contribution is -2.31. The van der Waals surface area contributed by atoms with Crippen LogP contribution in [0.25, 0.3) is 5.69 Å². The van der Waals surface area contributed by atoms with Crippen LogP contribution in [-0.4, -0.2) is 53.7 Å². The molecule has 2 heterocycles. The van der Waals surface area contributed by atoms with Crippen molar-refractivity contribution in [2.75, 3.05) is 43.3 Å². The molecule has 0 atom stereocenters. The van der Waals surface area contributed by atoms with Crippen LogP contribution >= 0.6 is 11.8 Å². The van der Waals surface area contributed by atoms with Crippen molar-refractivity contribution in [1.82, 2.24) is 14.8 Å². The van der Waals surface area contributed by atoms with Crippen LogP contribution in [0, 0.1) is 6.92 Å². The Hall–Kier alpha value is -3.20. The zero-order valence-electron chi connectivity index (χ0n) is 19.2. The summed E-state index contributed by atoms with van der Waals surface area (Å²) in [7, 11) is 3.15. The van der Waals surface area contributed by atoms with Crippen molar-refractivity contribution in [3.63, 3.8) is 0 Å². The van der Waals surface area contributed by atoms with Crippen LogP contribution < -0.4 is 19.7 Å². The molecule has 1 aliphatic heterocycles. The number of carbonyl (C=O) groups is 1. The summed E-state index contributed by atoms with van der Waals surface area (Å²) in [6.07, 6.45) is 3.53. The van der Waals surface area contributed by atoms with Crippen molar-refractivity contribution in [1.29, 1.82) is 0 Å². The molecule has 1 aromatic heterocycles. The molecule has 174 valence electrons. The first-order valence-corrected chi connectivity index (χ1v) is 12.0. The van der Waals surface area contributed by atoms with Gasteiger partial charge in [-0.1, -0.05) is 29.5 Å². The molecule has 1 saturated heterocycles. The molecule has 1 aliphatic rings. The molecular formula is C24H29N5O3S. The van der Waals surface area contributed by atoms with Gasteiger partial charge in [0.05, 0.1) is 31.3 Å². The van der Waals surface area contributed by atoms with Gasteiger partial charge in [0, 0.05) is 19.2 Å². The molecule has 0 bridgehead atoms. The monoisotopic (exact) mass is 467 g/mol. The normalized spacial score (nSPS) is 13.6. The van der Waals surface area contributed by atoms with Crippen LogP contribution in [0.1, 0.15) is 24.8 Å². The van der Waals surface area contributed by atoms with Crippen LogP contribution in [0.5, 0.6) is 11.5 Å². The van der Waals surface area contributed by atoms with Gasteiger partial charge in [-0.15, -0.1) is 10.2 Å². The molecular weight excluding hydrogens is 438 g/mol. The third kappa shape index (κ3) is 5.42. The molecule has 0 saturated carbocycles. The maximum absolute atomic E-state index is 12.8. The number of nitrogens with zero attached hydrogens (tertiary/aromatic N) is 4. The number of amides is 1. The predicted octanol–water partition coefficient (Wildman–Crippen LogP) is 4.31. The summed E-state index contributed by atoms with van der Waals surface area (Å²) in [5, 5.41) is 12.5. The minimum atomic E-state index is -0.162. The number of ether oxygens (including phenoxy) is 2. The third-order valence-corrected chi connectivity index (χ3v) is 6.49. The second-order valence-corrected chi connectivity index (χ2v) is 8.85. The number of aromatic nitrogens is 3. The van der Waals surface area contributed by atoms with Gasteiger partial charge in [0.2, 0.25) is 11.9 Å². The van der Waals surface area contributed by atoms with Crippen molar-refractivity contribution < 1.29 is 14.3 Å². The van der Waals surface area contributed by atoms with Gasteiger partial charge in [0.1, 0.15) is 11.5 Å². The lowest BCUT2D eigenvalue weighted by Gasteiger charge is -2.27. The standard InChI is InChI=1S/C24H29N5O3S/c1-17-7-9-18(10-8-17)29-23(28-13-5-4-6-14-28)26-27-24(29)33-16-22(30)25-20-15-19(31-2)11-12-21(20)32-3/h7-12,15H,4-6,13-14,16H2,1-3H3,(H,25,30). The predicted molar refractivity (Wildman–Crippen MR) is 131 cm³/mol. The van der Waals surface area contributed by atoms with E-state index in [1.807, 2.05) is 0 Å². The van der Waals surface area contributed by atoms with E-state index in [9.17, 15) is 4.79 Å². The van der Waals surface area contributed by atoms with E-state index in [1.165, 1.54) is 23.7 Å². The topological polar surface area (TPSA) is 81.5 Å². The van der Waals surface area contributed by atoms with E-state index in [0.717, 1.165) is 37.6 Å². The zero-order chi connectivity index (χ0) is 23.2. The molecule has 2 aromatic carbocycles. The highest BCUT2D eigenvalue weighted by atomic mass is 32.2. The van der Waals surface area contributed by atoms with E-state index < -0.39 is 0 Å². The molecule has 0 unspecified atom stereocenters. The van der Waals surface area contributed by atoms with Crippen LogP contribution in [0.15, 0.2) is 47.6 Å². The fraction of sp³-hybridized carbons (Fsp3) is 0.375. The Balaban J connectivity index is 1.54. The highest BCUT2D eigenvalue weighted by molar-refractivity contribution is 7.99. The fourth-order valence-electron chi connectivity index (χ4n) is 3.80. The highest BCUT2D eigenvalue weighted by Gasteiger charge is 2.22. The van der Waals surface area contributed by atoms with Gasteiger partial charge in [-0.2, -0.15) is 0 Å². The number of anilines is 2. The molecule has 3 aromatic rings. The van der Waals surface area contributed by atoms with Crippen LogP contribution in [0.2, 0.25) is 0 Å². The largest absolute Gasteiger partial charge is 0.497 e. The first-order chi connectivity index (χ1) is 16.1. The summed E-state index contributed by atoms with van der Waals surface area (Å²) < 4.78 is 12.7. The summed E-state index contributed by atoms with van der Waals surface area (Å²) in [6.45, 7) is 3.99. The summed E-state index contributed by atoms with van der Waals surface area (Å²) in [4.78, 5) is 15.0. The van der Waals surface area contributed by atoms with Gasteiger partial charge in [0.15, 0.2) is 5.16 Å². The number of carbonyl (C=O) groups excluding carboxylic acids is 1. The average molecular weight is 468 g/mol. The van der Waals surface area contributed by atoms with Gasteiger partial charge < -0.3 is 19.7 Å². The molecule has 8 nitrogen and oxygen atoms in total. The van der Waals surface area contributed by atoms with Crippen molar-refractivity contribution in [3.8, 4) is 17.2 Å². The second kappa shape index (κ2) is 10.6. The number of nitrogens with one attached hydrogen (secondary N) is 1. The van der Waals surface area contributed by atoms with Gasteiger partial charge in [-0.3, -0.25) is 9.36 Å². The van der Waals surface area contributed by atoms with E-state index >= 15 is 0 Å². The van der Waals surface area contributed by atoms with Crippen molar-refractivity contribution >= 4 is 29.3 Å². The van der Waals surface area contributed by atoms with Gasteiger partial charge >= 0.3 is 0 Å². The average Bonchev–Trinajstić information content (AvgIpc) is 3.27. The Labute approximate surface area is 198 Å². The summed E-state index contributed by atoms with van der Waals surface area (Å²) in [5.74, 6) is 2.07. The lowest BCUT2D eigenvalue weighted by atomic mass is 10.1. The molecule has 1 amide bonds. The van der Waals surface area contributed by atoms with Crippen LogP contribution in [-0.2, 0) is 4.79 Å². The number of hydrogen-bond donors (Lipinski definition) is 1. The number of benzene rings is 2. The summed E-state index contributed by atoms with van der Waals surface area (Å²) >= 11 is 1.36. The Bertz CT molecular complexity index is 1090. The van der Waals surface area contributed by atoms with Crippen LogP contribution in [0.4, 0.5) is 11.6 Å². The Morgan fingerprint density at radius 3 is 2.48 bits per heavy atom. The van der Waals surface area contributed by atoms with Crippen LogP contribution in [0.3, 0.4) is 0 Å². The first kappa shape index (κ1) is 23.0. The molecule has 4 rings (SSSR count). The molecule has 1 fully saturated rings. The summed E-state index contributed by atoms with van der Waals surface area (Å²) in [5.41, 5.74) is 2.74. The number of aryl methyl sites for hydroxylation is 1. The Kier molecular flexibility index (Phi) is 7.39. The Morgan fingerprint density at radius 2 is 1.79 bits per heavy atom. The summed E-state index contributed by atoms with van der Waals surface area (Å²) in [6, 6.07) is 13.6. The van der Waals surface area contributed by atoms with Gasteiger partial charge in [-0.05, 0) is 50.5 Å². The Morgan fingerprint density at radius 1 is 1.03 bits per heavy atom. The van der Waals surface area contributed by atoms with Crippen molar-refractivity contribution in [2.24, 2.45) is 0 Å². The van der Waals surface area contributed by atoms with E-state index in [4.69, 9.17) is 9.47 Å². The first-order valence-electron chi connectivity index (χ1n) is 11.0. The molecule has 9 heteroatoms. The van der Waals surface area contributed by atoms with Crippen molar-refractivity contribution in [2.45, 2.75) is 31.3 Å². The maximum atomic E-state index is 12.8. The van der Waals surface area contributed by atoms with E-state index in [0.29, 0.717) is 22.3 Å². The van der Waals surface area contributed by atoms with Gasteiger partial charge in [-0.25, -0.2) is 0 Å². The minimum Gasteiger partial charge on any atom is -0.497 e. The number of thioether (sulfide) groups is 1. The quantitative estimate of drug-likeness (QED) is 0.494. The zero-order valence-corrected chi connectivity index (χ0v) is 20.0. The third-order valence-electron chi connectivity index (χ3n) is 5.56. The number of piperidine rings is 1. The minimum absolute atomic E-state index is 0.162. The number of methoxy groups -OCH3 is 2. The number of rotatable bonds is 8. The molecule has 1 N–H and O–H groups in total.